The molecule has 1 aliphatic carbocycles. The van der Waals surface area contributed by atoms with Crippen molar-refractivity contribution in [1.82, 2.24) is 10.6 Å². The van der Waals surface area contributed by atoms with Crippen molar-refractivity contribution in [3.05, 3.63) is 0 Å². The highest BCUT2D eigenvalue weighted by molar-refractivity contribution is 4.76. The zero-order chi connectivity index (χ0) is 10.3. The summed E-state index contributed by atoms with van der Waals surface area (Å²) >= 11 is 0. The third kappa shape index (κ3) is 4.96. The van der Waals surface area contributed by atoms with E-state index in [0.29, 0.717) is 0 Å². The summed E-state index contributed by atoms with van der Waals surface area (Å²) in [5, 5.41) is 6.98. The molecule has 0 aromatic heterocycles. The maximum absolute atomic E-state index is 5.57. The van der Waals surface area contributed by atoms with Crippen molar-refractivity contribution >= 4 is 0 Å². The van der Waals surface area contributed by atoms with Crippen LogP contribution in [0.15, 0.2) is 0 Å². The number of ether oxygens (including phenoxy) is 1. The van der Waals surface area contributed by atoms with Crippen molar-refractivity contribution in [1.29, 1.82) is 0 Å². The third-order valence-corrected chi connectivity index (χ3v) is 3.25. The molecule has 2 fully saturated rings. The lowest BCUT2D eigenvalue weighted by Crippen LogP contribution is -2.34. The predicted octanol–water partition coefficient (Wildman–Crippen LogP) is 1.14. The maximum Gasteiger partial charge on any atom is 0.0494 e. The van der Waals surface area contributed by atoms with E-state index in [-0.39, 0.29) is 0 Å². The first-order valence-electron chi connectivity index (χ1n) is 6.47. The first kappa shape index (κ1) is 11.4. The summed E-state index contributed by atoms with van der Waals surface area (Å²) in [7, 11) is 0. The number of rotatable bonds is 8. The van der Waals surface area contributed by atoms with Gasteiger partial charge in [-0.15, -0.1) is 0 Å². The number of nitrogens with one attached hydrogen (secondary N) is 2. The van der Waals surface area contributed by atoms with E-state index in [2.05, 4.69) is 10.6 Å². The first-order valence-corrected chi connectivity index (χ1v) is 6.47. The Morgan fingerprint density at radius 1 is 1.27 bits per heavy atom. The quantitative estimate of drug-likeness (QED) is 0.592. The number of hydrogen-bond donors (Lipinski definition) is 2. The molecule has 0 bridgehead atoms. The van der Waals surface area contributed by atoms with Crippen LogP contribution in [-0.2, 0) is 4.74 Å². The van der Waals surface area contributed by atoms with Gasteiger partial charge >= 0.3 is 0 Å². The molecule has 3 nitrogen and oxygen atoms in total. The van der Waals surface area contributed by atoms with Crippen LogP contribution in [-0.4, -0.2) is 38.9 Å². The summed E-state index contributed by atoms with van der Waals surface area (Å²) in [6, 6.07) is 0.720. The Morgan fingerprint density at radius 3 is 2.93 bits per heavy atom. The molecule has 3 heteroatoms. The number of hydrogen-bond acceptors (Lipinski definition) is 3. The molecule has 2 aliphatic rings. The Balaban J connectivity index is 1.32. The minimum Gasteiger partial charge on any atom is -0.381 e. The second-order valence-corrected chi connectivity index (χ2v) is 4.87. The van der Waals surface area contributed by atoms with Gasteiger partial charge < -0.3 is 15.4 Å². The van der Waals surface area contributed by atoms with Crippen molar-refractivity contribution in [2.75, 3.05) is 32.8 Å². The van der Waals surface area contributed by atoms with Crippen LogP contribution in [0.3, 0.4) is 0 Å². The van der Waals surface area contributed by atoms with Crippen LogP contribution in [0.2, 0.25) is 0 Å². The zero-order valence-corrected chi connectivity index (χ0v) is 9.63. The van der Waals surface area contributed by atoms with Crippen molar-refractivity contribution in [2.45, 2.75) is 38.1 Å². The molecule has 15 heavy (non-hydrogen) atoms. The molecule has 1 saturated heterocycles. The summed E-state index contributed by atoms with van der Waals surface area (Å²) < 4.78 is 5.57. The monoisotopic (exact) mass is 212 g/mol. The molecule has 0 spiro atoms. The molecule has 2 rings (SSSR count). The summed E-state index contributed by atoms with van der Waals surface area (Å²) in [6.45, 7) is 5.37. The zero-order valence-electron chi connectivity index (χ0n) is 9.63. The summed E-state index contributed by atoms with van der Waals surface area (Å²) in [5.41, 5.74) is 0. The normalized spacial score (nSPS) is 26.0. The fourth-order valence-corrected chi connectivity index (χ4v) is 2.04. The van der Waals surface area contributed by atoms with Gasteiger partial charge in [0.25, 0.3) is 0 Å². The van der Waals surface area contributed by atoms with E-state index in [1.165, 1.54) is 32.2 Å². The van der Waals surface area contributed by atoms with Crippen LogP contribution in [0.4, 0.5) is 0 Å². The van der Waals surface area contributed by atoms with E-state index in [4.69, 9.17) is 4.74 Å². The Kier molecular flexibility index (Phi) is 4.90. The van der Waals surface area contributed by atoms with Crippen molar-refractivity contribution < 1.29 is 4.74 Å². The third-order valence-electron chi connectivity index (χ3n) is 3.25. The van der Waals surface area contributed by atoms with Gasteiger partial charge in [0, 0.05) is 25.8 Å². The average Bonchev–Trinajstić information content (AvgIpc) is 2.92. The molecule has 0 radical (unpaired) electrons. The molecule has 1 atom stereocenters. The smallest absolute Gasteiger partial charge is 0.0494 e. The van der Waals surface area contributed by atoms with Gasteiger partial charge in [-0.3, -0.25) is 0 Å². The van der Waals surface area contributed by atoms with E-state index >= 15 is 0 Å². The van der Waals surface area contributed by atoms with E-state index < -0.39 is 0 Å². The van der Waals surface area contributed by atoms with Gasteiger partial charge in [0.2, 0.25) is 0 Å². The highest BCUT2D eigenvalue weighted by Crippen LogP contribution is 2.28. The van der Waals surface area contributed by atoms with Gasteiger partial charge in [-0.05, 0) is 51.1 Å². The van der Waals surface area contributed by atoms with Crippen LogP contribution in [0.25, 0.3) is 0 Å². The highest BCUT2D eigenvalue weighted by Gasteiger charge is 2.20. The fraction of sp³-hybridized carbons (Fsp3) is 1.00. The summed E-state index contributed by atoms with van der Waals surface area (Å²) in [4.78, 5) is 0. The van der Waals surface area contributed by atoms with Crippen LogP contribution in [0.1, 0.15) is 32.1 Å². The second-order valence-electron chi connectivity index (χ2n) is 4.87. The lowest BCUT2D eigenvalue weighted by atomic mass is 10.2. The van der Waals surface area contributed by atoms with Gasteiger partial charge in [-0.2, -0.15) is 0 Å². The molecule has 0 amide bonds. The van der Waals surface area contributed by atoms with Crippen LogP contribution >= 0.6 is 0 Å². The molecule has 88 valence electrons. The first-order chi connectivity index (χ1) is 7.45. The molecule has 2 N–H and O–H groups in total. The van der Waals surface area contributed by atoms with Crippen molar-refractivity contribution in [2.24, 2.45) is 5.92 Å². The molecular formula is C12H24N2O. The van der Waals surface area contributed by atoms with Crippen LogP contribution < -0.4 is 10.6 Å². The van der Waals surface area contributed by atoms with Gasteiger partial charge in [-0.25, -0.2) is 0 Å². The molecule has 0 aromatic rings. The Morgan fingerprint density at radius 2 is 2.20 bits per heavy atom. The lowest BCUT2D eigenvalue weighted by molar-refractivity contribution is 0.122. The van der Waals surface area contributed by atoms with Gasteiger partial charge in [-0.1, -0.05) is 0 Å². The topological polar surface area (TPSA) is 33.3 Å². The van der Waals surface area contributed by atoms with Crippen molar-refractivity contribution in [3.8, 4) is 0 Å². The molecule has 1 aliphatic heterocycles. The van der Waals surface area contributed by atoms with E-state index in [1.807, 2.05) is 0 Å². The predicted molar refractivity (Wildman–Crippen MR) is 62.1 cm³/mol. The molecule has 1 saturated carbocycles. The maximum atomic E-state index is 5.57. The largest absolute Gasteiger partial charge is 0.381 e. The molecule has 0 aromatic carbocycles. The minimum absolute atomic E-state index is 0.720. The lowest BCUT2D eigenvalue weighted by Gasteiger charge is -2.11. The van der Waals surface area contributed by atoms with Crippen LogP contribution in [0, 0.1) is 5.92 Å². The highest BCUT2D eigenvalue weighted by atomic mass is 16.5. The molecular weight excluding hydrogens is 188 g/mol. The SMILES string of the molecule is C(CNCC1CCCN1)COCC1CC1. The summed E-state index contributed by atoms with van der Waals surface area (Å²) in [5.74, 6) is 0.903. The van der Waals surface area contributed by atoms with E-state index in [1.54, 1.807) is 0 Å². The second kappa shape index (κ2) is 6.46. The standard InChI is InChI=1S/C12H24N2O/c1-3-12(14-7-1)9-13-6-2-8-15-10-11-4-5-11/h11-14H,1-10H2. The fourth-order valence-electron chi connectivity index (χ4n) is 2.04. The average molecular weight is 212 g/mol. The Bertz CT molecular complexity index is 165. The molecule has 1 heterocycles. The van der Waals surface area contributed by atoms with E-state index in [0.717, 1.165) is 44.7 Å². The Labute approximate surface area is 93.0 Å². The Hall–Kier alpha value is -0.120. The molecule has 1 unspecified atom stereocenters. The van der Waals surface area contributed by atoms with Crippen molar-refractivity contribution in [3.63, 3.8) is 0 Å². The van der Waals surface area contributed by atoms with Gasteiger partial charge in [0.15, 0.2) is 0 Å². The summed E-state index contributed by atoms with van der Waals surface area (Å²) in [6.07, 6.45) is 6.62. The minimum atomic E-state index is 0.720. The van der Waals surface area contributed by atoms with E-state index in [9.17, 15) is 0 Å². The van der Waals surface area contributed by atoms with Gasteiger partial charge in [0.1, 0.15) is 0 Å². The van der Waals surface area contributed by atoms with Gasteiger partial charge in [0.05, 0.1) is 0 Å². The van der Waals surface area contributed by atoms with Crippen LogP contribution in [0.5, 0.6) is 0 Å².